The van der Waals surface area contributed by atoms with E-state index in [1.54, 1.807) is 4.68 Å². The molecule has 0 saturated heterocycles. The Morgan fingerprint density at radius 1 is 1.20 bits per heavy atom. The van der Waals surface area contributed by atoms with Crippen LogP contribution in [0.2, 0.25) is 0 Å². The summed E-state index contributed by atoms with van der Waals surface area (Å²) in [5.74, 6) is 0. The van der Waals surface area contributed by atoms with Gasteiger partial charge in [0, 0.05) is 6.54 Å². The highest BCUT2D eigenvalue weighted by Gasteiger charge is 2.18. The molecule has 1 aromatic carbocycles. The fourth-order valence-electron chi connectivity index (χ4n) is 2.71. The molecule has 108 valence electrons. The summed E-state index contributed by atoms with van der Waals surface area (Å²) in [6, 6.07) is 6.11. The molecule has 0 amide bonds. The molecule has 0 saturated carbocycles. The number of nitrogens with zero attached hydrogens (tertiary/aromatic N) is 2. The number of nitrogen functional groups attached to an aromatic ring is 1. The number of hydrogen-bond donors (Lipinski definition) is 1. The average Bonchev–Trinajstić information content (AvgIpc) is 2.63. The highest BCUT2D eigenvalue weighted by molar-refractivity contribution is 5.48. The Balaban J connectivity index is 2.75. The van der Waals surface area contributed by atoms with Gasteiger partial charge < -0.3 is 5.73 Å². The van der Waals surface area contributed by atoms with Crippen LogP contribution in [0.25, 0.3) is 5.69 Å². The smallest absolute Gasteiger partial charge is 0.294 e. The van der Waals surface area contributed by atoms with Gasteiger partial charge in [-0.05, 0) is 38.3 Å². The zero-order valence-corrected chi connectivity index (χ0v) is 12.7. The lowest BCUT2D eigenvalue weighted by molar-refractivity contribution is 0.515. The molecular formula is C16H23N3O. The summed E-state index contributed by atoms with van der Waals surface area (Å²) in [4.78, 5) is 12.5. The van der Waals surface area contributed by atoms with Crippen LogP contribution in [0.15, 0.2) is 23.0 Å². The summed E-state index contributed by atoms with van der Waals surface area (Å²) in [5.41, 5.74) is 10.4. The van der Waals surface area contributed by atoms with Crippen molar-refractivity contribution in [2.75, 3.05) is 5.73 Å². The fourth-order valence-corrected chi connectivity index (χ4v) is 2.71. The number of anilines is 1. The van der Waals surface area contributed by atoms with E-state index in [-0.39, 0.29) is 5.56 Å². The van der Waals surface area contributed by atoms with E-state index in [4.69, 9.17) is 5.73 Å². The molecule has 0 atom stereocenters. The van der Waals surface area contributed by atoms with Gasteiger partial charge in [-0.2, -0.15) is 0 Å². The van der Waals surface area contributed by atoms with E-state index in [1.807, 2.05) is 30.7 Å². The molecule has 0 unspecified atom stereocenters. The van der Waals surface area contributed by atoms with Gasteiger partial charge in [0.2, 0.25) is 0 Å². The molecule has 2 N–H and O–H groups in total. The molecule has 1 aromatic heterocycles. The van der Waals surface area contributed by atoms with Crippen molar-refractivity contribution in [2.45, 2.75) is 47.1 Å². The molecule has 1 heterocycles. The third-order valence-corrected chi connectivity index (χ3v) is 3.64. The molecule has 20 heavy (non-hydrogen) atoms. The van der Waals surface area contributed by atoms with Crippen molar-refractivity contribution in [3.8, 4) is 5.69 Å². The summed E-state index contributed by atoms with van der Waals surface area (Å²) in [5, 5.41) is 0. The summed E-state index contributed by atoms with van der Waals surface area (Å²) in [6.07, 6.45) is 1.73. The van der Waals surface area contributed by atoms with Gasteiger partial charge in [-0.1, -0.05) is 31.5 Å². The van der Waals surface area contributed by atoms with Gasteiger partial charge in [0.1, 0.15) is 5.69 Å². The van der Waals surface area contributed by atoms with Crippen LogP contribution in [-0.4, -0.2) is 9.36 Å². The van der Waals surface area contributed by atoms with Gasteiger partial charge in [0.05, 0.1) is 11.4 Å². The second-order valence-electron chi connectivity index (χ2n) is 5.24. The Bertz CT molecular complexity index is 680. The highest BCUT2D eigenvalue weighted by Crippen LogP contribution is 2.19. The zero-order chi connectivity index (χ0) is 14.9. The number of aryl methyl sites for hydroxylation is 2. The van der Waals surface area contributed by atoms with Crippen molar-refractivity contribution in [2.24, 2.45) is 0 Å². The second-order valence-corrected chi connectivity index (χ2v) is 5.24. The van der Waals surface area contributed by atoms with Crippen LogP contribution in [0.3, 0.4) is 0 Å². The predicted molar refractivity (Wildman–Crippen MR) is 83.6 cm³/mol. The minimum atomic E-state index is -0.109. The topological polar surface area (TPSA) is 52.9 Å². The van der Waals surface area contributed by atoms with Gasteiger partial charge in [-0.3, -0.25) is 9.48 Å². The lowest BCUT2D eigenvalue weighted by Crippen LogP contribution is -2.23. The molecule has 4 heteroatoms. The quantitative estimate of drug-likeness (QED) is 0.931. The molecule has 0 aliphatic carbocycles. The van der Waals surface area contributed by atoms with Crippen LogP contribution in [0.1, 0.15) is 37.1 Å². The molecule has 0 radical (unpaired) electrons. The molecule has 4 nitrogen and oxygen atoms in total. The minimum absolute atomic E-state index is 0.109. The van der Waals surface area contributed by atoms with Crippen LogP contribution >= 0.6 is 0 Å². The van der Waals surface area contributed by atoms with Crippen molar-refractivity contribution in [1.29, 1.82) is 0 Å². The second kappa shape index (κ2) is 5.57. The third-order valence-electron chi connectivity index (χ3n) is 3.64. The maximum absolute atomic E-state index is 12.5. The Morgan fingerprint density at radius 3 is 2.45 bits per heavy atom. The largest absolute Gasteiger partial charge is 0.393 e. The first-order valence-corrected chi connectivity index (χ1v) is 7.19. The Morgan fingerprint density at radius 2 is 1.90 bits per heavy atom. The standard InChI is InChI=1S/C16H23N3O/c1-5-9-18-13(6-2)15(17)16(20)19(18)14-8-7-11(3)10-12(14)4/h7-8,10H,5-6,9,17H2,1-4H3. The van der Waals surface area contributed by atoms with Crippen molar-refractivity contribution in [3.05, 3.63) is 45.4 Å². The van der Waals surface area contributed by atoms with Crippen molar-refractivity contribution in [3.63, 3.8) is 0 Å². The Hall–Kier alpha value is -1.97. The first kappa shape index (κ1) is 14.4. The van der Waals surface area contributed by atoms with E-state index < -0.39 is 0 Å². The van der Waals surface area contributed by atoms with E-state index in [0.29, 0.717) is 5.69 Å². The summed E-state index contributed by atoms with van der Waals surface area (Å²) in [7, 11) is 0. The van der Waals surface area contributed by atoms with Crippen molar-refractivity contribution in [1.82, 2.24) is 9.36 Å². The molecule has 0 aliphatic heterocycles. The molecular weight excluding hydrogens is 250 g/mol. The van der Waals surface area contributed by atoms with Crippen LogP contribution in [0.5, 0.6) is 0 Å². The average molecular weight is 273 g/mol. The molecule has 0 spiro atoms. The van der Waals surface area contributed by atoms with E-state index in [9.17, 15) is 4.79 Å². The van der Waals surface area contributed by atoms with E-state index >= 15 is 0 Å². The van der Waals surface area contributed by atoms with Crippen LogP contribution in [0.4, 0.5) is 5.69 Å². The number of nitrogens with two attached hydrogens (primary N) is 1. The normalized spacial score (nSPS) is 11.0. The van der Waals surface area contributed by atoms with Gasteiger partial charge >= 0.3 is 0 Å². The first-order chi connectivity index (χ1) is 9.51. The Labute approximate surface area is 119 Å². The van der Waals surface area contributed by atoms with Crippen LogP contribution < -0.4 is 11.3 Å². The third kappa shape index (κ3) is 2.26. The van der Waals surface area contributed by atoms with E-state index in [2.05, 4.69) is 19.9 Å². The minimum Gasteiger partial charge on any atom is -0.393 e. The maximum atomic E-state index is 12.5. The summed E-state index contributed by atoms with van der Waals surface area (Å²) >= 11 is 0. The molecule has 2 rings (SSSR count). The highest BCUT2D eigenvalue weighted by atomic mass is 16.1. The lowest BCUT2D eigenvalue weighted by atomic mass is 10.1. The van der Waals surface area contributed by atoms with Crippen LogP contribution in [-0.2, 0) is 13.0 Å². The molecule has 0 aliphatic rings. The van der Waals surface area contributed by atoms with Crippen LogP contribution in [0, 0.1) is 13.8 Å². The van der Waals surface area contributed by atoms with Gasteiger partial charge in [0.25, 0.3) is 5.56 Å². The summed E-state index contributed by atoms with van der Waals surface area (Å²) < 4.78 is 3.75. The predicted octanol–water partition coefficient (Wildman–Crippen LogP) is 2.81. The van der Waals surface area contributed by atoms with E-state index in [1.165, 1.54) is 5.56 Å². The van der Waals surface area contributed by atoms with Gasteiger partial charge in [-0.25, -0.2) is 4.68 Å². The fraction of sp³-hybridized carbons (Fsp3) is 0.438. The van der Waals surface area contributed by atoms with Crippen molar-refractivity contribution >= 4 is 5.69 Å². The van der Waals surface area contributed by atoms with E-state index in [0.717, 1.165) is 36.3 Å². The van der Waals surface area contributed by atoms with Gasteiger partial charge in [-0.15, -0.1) is 0 Å². The SMILES string of the molecule is CCCn1c(CC)c(N)c(=O)n1-c1ccc(C)cc1C. The number of aromatic nitrogens is 2. The first-order valence-electron chi connectivity index (χ1n) is 7.19. The molecule has 0 bridgehead atoms. The number of hydrogen-bond acceptors (Lipinski definition) is 2. The maximum Gasteiger partial charge on any atom is 0.294 e. The lowest BCUT2D eigenvalue weighted by Gasteiger charge is -2.15. The molecule has 0 fully saturated rings. The molecule has 2 aromatic rings. The van der Waals surface area contributed by atoms with Crippen molar-refractivity contribution < 1.29 is 0 Å². The number of rotatable bonds is 4. The zero-order valence-electron chi connectivity index (χ0n) is 12.7. The Kier molecular flexibility index (Phi) is 4.02. The number of benzene rings is 1. The van der Waals surface area contributed by atoms with Gasteiger partial charge in [0.15, 0.2) is 0 Å². The monoisotopic (exact) mass is 273 g/mol. The summed E-state index contributed by atoms with van der Waals surface area (Å²) in [6.45, 7) is 9.01.